The summed E-state index contributed by atoms with van der Waals surface area (Å²) in [6, 6.07) is 15.8. The van der Waals surface area contributed by atoms with Gasteiger partial charge in [0.05, 0.1) is 5.52 Å². The quantitative estimate of drug-likeness (QED) is 0.575. The van der Waals surface area contributed by atoms with Crippen LogP contribution in [0.4, 0.5) is 17.2 Å². The number of nitrogen functional groups attached to an aromatic ring is 1. The summed E-state index contributed by atoms with van der Waals surface area (Å²) in [5.74, 6) is 1.36. The van der Waals surface area contributed by atoms with E-state index in [9.17, 15) is 0 Å². The number of nitrogens with zero attached hydrogens (tertiary/aromatic N) is 5. The number of fused-ring (bicyclic) bond motifs is 3. The van der Waals surface area contributed by atoms with Gasteiger partial charge < -0.3 is 10.6 Å². The molecule has 0 unspecified atom stereocenters. The molecule has 4 rings (SSSR count). The van der Waals surface area contributed by atoms with E-state index in [1.165, 1.54) is 0 Å². The van der Waals surface area contributed by atoms with Crippen molar-refractivity contribution in [3.63, 3.8) is 0 Å². The fraction of sp³-hybridized carbons (Fsp3) is 0.0625. The summed E-state index contributed by atoms with van der Waals surface area (Å²) >= 11 is 0. The molecule has 2 aromatic carbocycles. The SMILES string of the molecule is CN(c1ccccc1)c1nc2nncn2c2ccc(N)cc12. The first-order valence-electron chi connectivity index (χ1n) is 6.92. The normalized spacial score (nSPS) is 11.1. The van der Waals surface area contributed by atoms with Crippen LogP contribution in [0.25, 0.3) is 16.7 Å². The maximum absolute atomic E-state index is 5.96. The van der Waals surface area contributed by atoms with E-state index in [2.05, 4.69) is 15.2 Å². The van der Waals surface area contributed by atoms with Crippen LogP contribution in [0.3, 0.4) is 0 Å². The van der Waals surface area contributed by atoms with Gasteiger partial charge in [0, 0.05) is 23.8 Å². The van der Waals surface area contributed by atoms with Crippen molar-refractivity contribution in [2.45, 2.75) is 0 Å². The molecule has 6 heteroatoms. The predicted octanol–water partition coefficient (Wildman–Crippen LogP) is 2.63. The summed E-state index contributed by atoms with van der Waals surface area (Å²) in [6.45, 7) is 0. The van der Waals surface area contributed by atoms with Crippen molar-refractivity contribution >= 4 is 33.9 Å². The van der Waals surface area contributed by atoms with Gasteiger partial charge in [-0.15, -0.1) is 10.2 Å². The Labute approximate surface area is 126 Å². The first-order chi connectivity index (χ1) is 10.7. The number of hydrogen-bond donors (Lipinski definition) is 1. The molecule has 0 atom stereocenters. The third kappa shape index (κ3) is 1.85. The Morgan fingerprint density at radius 2 is 1.91 bits per heavy atom. The molecule has 0 spiro atoms. The molecule has 0 saturated carbocycles. The Balaban J connectivity index is 2.04. The number of benzene rings is 2. The van der Waals surface area contributed by atoms with Gasteiger partial charge >= 0.3 is 0 Å². The largest absolute Gasteiger partial charge is 0.399 e. The van der Waals surface area contributed by atoms with Crippen molar-refractivity contribution in [1.82, 2.24) is 19.6 Å². The molecule has 6 nitrogen and oxygen atoms in total. The maximum Gasteiger partial charge on any atom is 0.257 e. The molecule has 2 N–H and O–H groups in total. The summed E-state index contributed by atoms with van der Waals surface area (Å²) < 4.78 is 1.86. The summed E-state index contributed by atoms with van der Waals surface area (Å²) in [6.07, 6.45) is 1.66. The first-order valence-corrected chi connectivity index (χ1v) is 6.92. The molecule has 0 fully saturated rings. The molecule has 22 heavy (non-hydrogen) atoms. The number of para-hydroxylation sites is 1. The average molecular weight is 290 g/mol. The summed E-state index contributed by atoms with van der Waals surface area (Å²) in [7, 11) is 1.98. The predicted molar refractivity (Wildman–Crippen MR) is 87.2 cm³/mol. The van der Waals surface area contributed by atoms with Crippen LogP contribution in [0.5, 0.6) is 0 Å². The van der Waals surface area contributed by atoms with Gasteiger partial charge in [-0.1, -0.05) is 18.2 Å². The number of hydrogen-bond acceptors (Lipinski definition) is 5. The second-order valence-electron chi connectivity index (χ2n) is 5.11. The Hall–Kier alpha value is -3.15. The molecule has 4 aromatic rings. The van der Waals surface area contributed by atoms with Crippen LogP contribution in [-0.4, -0.2) is 26.6 Å². The van der Waals surface area contributed by atoms with E-state index in [1.54, 1.807) is 6.33 Å². The van der Waals surface area contributed by atoms with Gasteiger partial charge in [-0.2, -0.15) is 4.98 Å². The lowest BCUT2D eigenvalue weighted by atomic mass is 10.2. The van der Waals surface area contributed by atoms with Crippen molar-refractivity contribution < 1.29 is 0 Å². The van der Waals surface area contributed by atoms with Crippen LogP contribution in [0.15, 0.2) is 54.9 Å². The molecule has 2 aromatic heterocycles. The zero-order valence-corrected chi connectivity index (χ0v) is 12.0. The van der Waals surface area contributed by atoms with Gasteiger partial charge in [0.15, 0.2) is 0 Å². The molecule has 0 aliphatic heterocycles. The van der Waals surface area contributed by atoms with Gasteiger partial charge in [-0.05, 0) is 30.3 Å². The molecular weight excluding hydrogens is 276 g/mol. The van der Waals surface area contributed by atoms with Crippen LogP contribution >= 0.6 is 0 Å². The summed E-state index contributed by atoms with van der Waals surface area (Å²) in [4.78, 5) is 6.66. The minimum atomic E-state index is 0.565. The van der Waals surface area contributed by atoms with Crippen molar-refractivity contribution in [3.8, 4) is 0 Å². The molecule has 0 bridgehead atoms. The Morgan fingerprint density at radius 3 is 2.73 bits per heavy atom. The second-order valence-corrected chi connectivity index (χ2v) is 5.11. The van der Waals surface area contributed by atoms with E-state index in [4.69, 9.17) is 5.73 Å². The number of nitrogens with two attached hydrogens (primary N) is 1. The highest BCUT2D eigenvalue weighted by molar-refractivity contribution is 5.95. The molecule has 0 saturated heterocycles. The molecule has 0 radical (unpaired) electrons. The van der Waals surface area contributed by atoms with E-state index in [0.29, 0.717) is 11.5 Å². The lowest BCUT2D eigenvalue weighted by molar-refractivity contribution is 1.08. The first kappa shape index (κ1) is 12.6. The average Bonchev–Trinajstić information content (AvgIpc) is 3.02. The molecule has 2 heterocycles. The zero-order chi connectivity index (χ0) is 15.1. The molecular formula is C16H14N6. The van der Waals surface area contributed by atoms with E-state index in [-0.39, 0.29) is 0 Å². The highest BCUT2D eigenvalue weighted by Crippen LogP contribution is 2.30. The van der Waals surface area contributed by atoms with Gasteiger partial charge in [0.1, 0.15) is 12.1 Å². The van der Waals surface area contributed by atoms with Gasteiger partial charge in [-0.3, -0.25) is 4.40 Å². The van der Waals surface area contributed by atoms with Crippen LogP contribution in [-0.2, 0) is 0 Å². The molecule has 108 valence electrons. The van der Waals surface area contributed by atoms with Crippen LogP contribution in [0.2, 0.25) is 0 Å². The molecule has 0 aliphatic rings. The monoisotopic (exact) mass is 290 g/mol. The van der Waals surface area contributed by atoms with Crippen molar-refractivity contribution in [2.75, 3.05) is 17.7 Å². The summed E-state index contributed by atoms with van der Waals surface area (Å²) in [5, 5.41) is 8.98. The molecule has 0 amide bonds. The Morgan fingerprint density at radius 1 is 1.09 bits per heavy atom. The van der Waals surface area contributed by atoms with Crippen molar-refractivity contribution in [3.05, 3.63) is 54.9 Å². The zero-order valence-electron chi connectivity index (χ0n) is 12.0. The Bertz CT molecular complexity index is 960. The van der Waals surface area contributed by atoms with Gasteiger partial charge in [-0.25, -0.2) is 0 Å². The number of aromatic nitrogens is 4. The molecule has 0 aliphatic carbocycles. The third-order valence-electron chi connectivity index (χ3n) is 3.72. The van der Waals surface area contributed by atoms with E-state index >= 15 is 0 Å². The van der Waals surface area contributed by atoms with Gasteiger partial charge in [0.25, 0.3) is 5.78 Å². The lowest BCUT2D eigenvalue weighted by Crippen LogP contribution is -2.13. The Kier molecular flexibility index (Phi) is 2.69. The number of rotatable bonds is 2. The smallest absolute Gasteiger partial charge is 0.257 e. The van der Waals surface area contributed by atoms with E-state index in [0.717, 1.165) is 22.4 Å². The minimum absolute atomic E-state index is 0.565. The second kappa shape index (κ2) is 4.70. The minimum Gasteiger partial charge on any atom is -0.399 e. The van der Waals surface area contributed by atoms with Crippen molar-refractivity contribution in [1.29, 1.82) is 0 Å². The number of anilines is 3. The fourth-order valence-electron chi connectivity index (χ4n) is 2.60. The fourth-order valence-corrected chi connectivity index (χ4v) is 2.60. The summed E-state index contributed by atoms with van der Waals surface area (Å²) in [5.41, 5.74) is 8.68. The van der Waals surface area contributed by atoms with E-state index < -0.39 is 0 Å². The topological polar surface area (TPSA) is 72.3 Å². The standard InChI is InChI=1S/C16H14N6/c1-21(12-5-3-2-4-6-12)15-13-9-11(17)7-8-14(13)22-10-18-20-16(22)19-15/h2-10H,17H2,1H3. The van der Waals surface area contributed by atoms with E-state index in [1.807, 2.05) is 64.9 Å². The highest BCUT2D eigenvalue weighted by Gasteiger charge is 2.14. The lowest BCUT2D eigenvalue weighted by Gasteiger charge is -2.20. The van der Waals surface area contributed by atoms with Crippen LogP contribution in [0, 0.1) is 0 Å². The third-order valence-corrected chi connectivity index (χ3v) is 3.72. The van der Waals surface area contributed by atoms with Crippen LogP contribution in [0.1, 0.15) is 0 Å². The van der Waals surface area contributed by atoms with Gasteiger partial charge in [0.2, 0.25) is 0 Å². The van der Waals surface area contributed by atoms with Crippen molar-refractivity contribution in [2.24, 2.45) is 0 Å². The van der Waals surface area contributed by atoms with Crippen LogP contribution < -0.4 is 10.6 Å². The highest BCUT2D eigenvalue weighted by atomic mass is 15.3. The maximum atomic E-state index is 5.96.